The predicted molar refractivity (Wildman–Crippen MR) is 60.8 cm³/mol. The molecule has 1 unspecified atom stereocenters. The lowest BCUT2D eigenvalue weighted by Gasteiger charge is -2.10. The van der Waals surface area contributed by atoms with E-state index in [1.807, 2.05) is 0 Å². The highest BCUT2D eigenvalue weighted by atomic mass is 16.4. The van der Waals surface area contributed by atoms with Crippen LogP contribution in [0.2, 0.25) is 0 Å². The molecule has 0 aromatic carbocycles. The Labute approximate surface area is 99.0 Å². The molecule has 0 saturated carbocycles. The van der Waals surface area contributed by atoms with Gasteiger partial charge in [0.2, 0.25) is 5.91 Å². The second-order valence-electron chi connectivity index (χ2n) is 3.70. The van der Waals surface area contributed by atoms with Crippen LogP contribution in [0.4, 0.5) is 0 Å². The van der Waals surface area contributed by atoms with Crippen molar-refractivity contribution < 1.29 is 19.1 Å². The first kappa shape index (κ1) is 13.2. The summed E-state index contributed by atoms with van der Waals surface area (Å²) >= 11 is 0. The zero-order chi connectivity index (χ0) is 13.0. The molecule has 1 aromatic rings. The molecule has 6 nitrogen and oxygen atoms in total. The quantitative estimate of drug-likeness (QED) is 0.697. The van der Waals surface area contributed by atoms with E-state index < -0.39 is 5.97 Å². The number of hydrogen-bond donors (Lipinski definition) is 3. The monoisotopic (exact) mass is 240 g/mol. The van der Waals surface area contributed by atoms with Crippen LogP contribution in [-0.4, -0.2) is 30.1 Å². The summed E-state index contributed by atoms with van der Waals surface area (Å²) in [6, 6.07) is 1.10. The fourth-order valence-electron chi connectivity index (χ4n) is 1.41. The van der Waals surface area contributed by atoms with Gasteiger partial charge in [-0.3, -0.25) is 10.1 Å². The normalized spacial score (nSPS) is 12.2. The molecule has 1 rings (SSSR count). The Morgan fingerprint density at radius 2 is 2.18 bits per heavy atom. The SMILES string of the molecule is CNC(=O)C(C)NCc1cc(C(=O)O)c(C)o1. The van der Waals surface area contributed by atoms with Crippen LogP contribution in [-0.2, 0) is 11.3 Å². The number of nitrogens with one attached hydrogen (secondary N) is 2. The number of aryl methyl sites for hydroxylation is 1. The van der Waals surface area contributed by atoms with Crippen molar-refractivity contribution in [2.45, 2.75) is 26.4 Å². The zero-order valence-electron chi connectivity index (χ0n) is 10.0. The highest BCUT2D eigenvalue weighted by Gasteiger charge is 2.15. The minimum atomic E-state index is -1.02. The van der Waals surface area contributed by atoms with E-state index in [1.54, 1.807) is 20.9 Å². The van der Waals surface area contributed by atoms with E-state index in [4.69, 9.17) is 9.52 Å². The minimum Gasteiger partial charge on any atom is -0.478 e. The van der Waals surface area contributed by atoms with Crippen LogP contribution in [0, 0.1) is 6.92 Å². The first-order valence-electron chi connectivity index (χ1n) is 5.23. The highest BCUT2D eigenvalue weighted by molar-refractivity contribution is 5.88. The van der Waals surface area contributed by atoms with Crippen LogP contribution in [0.3, 0.4) is 0 Å². The number of aromatic carboxylic acids is 1. The van der Waals surface area contributed by atoms with Gasteiger partial charge in [-0.25, -0.2) is 4.79 Å². The summed E-state index contributed by atoms with van der Waals surface area (Å²) in [6.07, 6.45) is 0. The van der Waals surface area contributed by atoms with Crippen LogP contribution < -0.4 is 10.6 Å². The standard InChI is InChI=1S/C11H16N2O4/c1-6(10(14)12-3)13-5-8-4-9(11(15)16)7(2)17-8/h4,6,13H,5H2,1-3H3,(H,12,14)(H,15,16). The first-order chi connectivity index (χ1) is 7.95. The number of carboxylic acid groups (broad SMARTS) is 1. The molecular formula is C11H16N2O4. The molecule has 6 heteroatoms. The number of carbonyl (C=O) groups is 2. The van der Waals surface area contributed by atoms with Crippen LogP contribution in [0.1, 0.15) is 28.8 Å². The van der Waals surface area contributed by atoms with Crippen LogP contribution >= 0.6 is 0 Å². The van der Waals surface area contributed by atoms with Crippen LogP contribution in [0.15, 0.2) is 10.5 Å². The molecule has 17 heavy (non-hydrogen) atoms. The van der Waals surface area contributed by atoms with Gasteiger partial charge in [0.05, 0.1) is 12.6 Å². The molecule has 0 spiro atoms. The summed E-state index contributed by atoms with van der Waals surface area (Å²) in [5, 5.41) is 14.3. The molecule has 0 saturated heterocycles. The van der Waals surface area contributed by atoms with Gasteiger partial charge in [0.25, 0.3) is 0 Å². The summed E-state index contributed by atoms with van der Waals surface area (Å²) in [6.45, 7) is 3.62. The van der Waals surface area contributed by atoms with Gasteiger partial charge in [-0.1, -0.05) is 0 Å². The number of likely N-dealkylation sites (N-methyl/N-ethyl adjacent to an activating group) is 1. The second kappa shape index (κ2) is 5.49. The van der Waals surface area contributed by atoms with Crippen molar-refractivity contribution in [2.24, 2.45) is 0 Å². The van der Waals surface area contributed by atoms with E-state index in [1.165, 1.54) is 6.07 Å². The fraction of sp³-hybridized carbons (Fsp3) is 0.455. The third-order valence-electron chi connectivity index (χ3n) is 2.42. The average molecular weight is 240 g/mol. The Morgan fingerprint density at radius 1 is 1.53 bits per heavy atom. The molecular weight excluding hydrogens is 224 g/mol. The van der Waals surface area contributed by atoms with Crippen molar-refractivity contribution in [2.75, 3.05) is 7.05 Å². The zero-order valence-corrected chi connectivity index (χ0v) is 10.0. The maximum absolute atomic E-state index is 11.2. The Morgan fingerprint density at radius 3 is 2.65 bits per heavy atom. The molecule has 0 aliphatic rings. The number of hydrogen-bond acceptors (Lipinski definition) is 4. The Bertz CT molecular complexity index is 425. The van der Waals surface area contributed by atoms with Gasteiger partial charge >= 0.3 is 5.97 Å². The maximum Gasteiger partial charge on any atom is 0.339 e. The Hall–Kier alpha value is -1.82. The summed E-state index contributed by atoms with van der Waals surface area (Å²) in [5.41, 5.74) is 0.148. The molecule has 1 atom stereocenters. The van der Waals surface area contributed by atoms with E-state index in [2.05, 4.69) is 10.6 Å². The largest absolute Gasteiger partial charge is 0.478 e. The lowest BCUT2D eigenvalue weighted by molar-refractivity contribution is -0.122. The van der Waals surface area contributed by atoms with Crippen molar-refractivity contribution in [3.63, 3.8) is 0 Å². The topological polar surface area (TPSA) is 91.6 Å². The summed E-state index contributed by atoms with van der Waals surface area (Å²) in [7, 11) is 1.56. The molecule has 0 aliphatic carbocycles. The highest BCUT2D eigenvalue weighted by Crippen LogP contribution is 2.14. The summed E-state index contributed by atoms with van der Waals surface area (Å²) in [5.74, 6) is -0.291. The second-order valence-corrected chi connectivity index (χ2v) is 3.70. The summed E-state index contributed by atoms with van der Waals surface area (Å²) < 4.78 is 5.26. The Kier molecular flexibility index (Phi) is 4.28. The van der Waals surface area contributed by atoms with E-state index in [9.17, 15) is 9.59 Å². The van der Waals surface area contributed by atoms with Crippen LogP contribution in [0.5, 0.6) is 0 Å². The lowest BCUT2D eigenvalue weighted by Crippen LogP contribution is -2.40. The molecule has 0 radical (unpaired) electrons. The van der Waals surface area contributed by atoms with Crippen molar-refractivity contribution in [1.29, 1.82) is 0 Å². The van der Waals surface area contributed by atoms with Gasteiger partial charge < -0.3 is 14.8 Å². The van der Waals surface area contributed by atoms with Gasteiger partial charge in [-0.15, -0.1) is 0 Å². The van der Waals surface area contributed by atoms with Gasteiger partial charge in [-0.05, 0) is 19.9 Å². The van der Waals surface area contributed by atoms with Gasteiger partial charge in [0.15, 0.2) is 0 Å². The van der Waals surface area contributed by atoms with E-state index in [-0.39, 0.29) is 17.5 Å². The van der Waals surface area contributed by atoms with E-state index in [0.717, 1.165) is 0 Å². The minimum absolute atomic E-state index is 0.133. The van der Waals surface area contributed by atoms with Gasteiger partial charge in [-0.2, -0.15) is 0 Å². The van der Waals surface area contributed by atoms with E-state index >= 15 is 0 Å². The molecule has 94 valence electrons. The van der Waals surface area contributed by atoms with Crippen LogP contribution in [0.25, 0.3) is 0 Å². The molecule has 3 N–H and O–H groups in total. The molecule has 1 amide bonds. The average Bonchev–Trinajstić information content (AvgIpc) is 2.66. The lowest BCUT2D eigenvalue weighted by atomic mass is 10.2. The molecule has 0 aliphatic heterocycles. The molecule has 0 fully saturated rings. The van der Waals surface area contributed by atoms with Gasteiger partial charge in [0.1, 0.15) is 17.1 Å². The number of amides is 1. The smallest absolute Gasteiger partial charge is 0.339 e. The predicted octanol–water partition coefficient (Wildman–Crippen LogP) is 0.510. The van der Waals surface area contributed by atoms with E-state index in [0.29, 0.717) is 18.1 Å². The molecule has 1 heterocycles. The van der Waals surface area contributed by atoms with Crippen molar-refractivity contribution >= 4 is 11.9 Å². The molecule has 0 bridgehead atoms. The first-order valence-corrected chi connectivity index (χ1v) is 5.23. The molecule has 1 aromatic heterocycles. The van der Waals surface area contributed by atoms with Crippen molar-refractivity contribution in [3.05, 3.63) is 23.2 Å². The maximum atomic E-state index is 11.2. The third-order valence-corrected chi connectivity index (χ3v) is 2.42. The number of carbonyl (C=O) groups excluding carboxylic acids is 1. The van der Waals surface area contributed by atoms with Crippen molar-refractivity contribution in [1.82, 2.24) is 10.6 Å². The number of carboxylic acids is 1. The summed E-state index contributed by atoms with van der Waals surface area (Å²) in [4.78, 5) is 22.0. The fourth-order valence-corrected chi connectivity index (χ4v) is 1.41. The van der Waals surface area contributed by atoms with Gasteiger partial charge in [0, 0.05) is 7.05 Å². The number of furan rings is 1. The number of rotatable bonds is 5. The van der Waals surface area contributed by atoms with Crippen molar-refractivity contribution in [3.8, 4) is 0 Å². The third kappa shape index (κ3) is 3.32. The Balaban J connectivity index is 2.61.